The van der Waals surface area contributed by atoms with Gasteiger partial charge in [-0.05, 0) is 35.5 Å². The third-order valence-corrected chi connectivity index (χ3v) is 3.23. The molecule has 2 aromatic rings. The van der Waals surface area contributed by atoms with Gasteiger partial charge in [-0.25, -0.2) is 0 Å². The number of ether oxygens (including phenoxy) is 1. The van der Waals surface area contributed by atoms with E-state index in [1.807, 2.05) is 42.5 Å². The molecule has 0 radical (unpaired) electrons. The molecule has 86 valence electrons. The van der Waals surface area contributed by atoms with Gasteiger partial charge in [-0.2, -0.15) is 0 Å². The third kappa shape index (κ3) is 2.85. The van der Waals surface area contributed by atoms with Crippen molar-refractivity contribution in [3.05, 3.63) is 53.4 Å². The zero-order valence-corrected chi connectivity index (χ0v) is 10.1. The molecule has 0 aromatic heterocycles. The number of rotatable bonds is 4. The van der Waals surface area contributed by atoms with Crippen molar-refractivity contribution in [1.82, 2.24) is 0 Å². The molecule has 0 saturated carbocycles. The summed E-state index contributed by atoms with van der Waals surface area (Å²) in [6.07, 6.45) is 0. The van der Waals surface area contributed by atoms with Gasteiger partial charge >= 0.3 is 0 Å². The molecule has 0 fully saturated rings. The number of hydrogen-bond acceptors (Lipinski definition) is 4. The van der Waals surface area contributed by atoms with Crippen molar-refractivity contribution in [1.29, 1.82) is 0 Å². The van der Waals surface area contributed by atoms with Gasteiger partial charge in [0, 0.05) is 9.79 Å². The van der Waals surface area contributed by atoms with E-state index in [0.29, 0.717) is 11.4 Å². The van der Waals surface area contributed by atoms with E-state index >= 15 is 0 Å². The maximum Gasteiger partial charge on any atom is 0.149 e. The van der Waals surface area contributed by atoms with Crippen molar-refractivity contribution in [2.75, 3.05) is 7.11 Å². The summed E-state index contributed by atoms with van der Waals surface area (Å²) in [6, 6.07) is 15.3. The Morgan fingerprint density at radius 2 is 1.82 bits per heavy atom. The van der Waals surface area contributed by atoms with E-state index in [4.69, 9.17) is 4.74 Å². The lowest BCUT2D eigenvalue weighted by Gasteiger charge is -2.05. The van der Waals surface area contributed by atoms with Crippen LogP contribution >= 0.6 is 11.8 Å². The van der Waals surface area contributed by atoms with E-state index in [-0.39, 0.29) is 0 Å². The van der Waals surface area contributed by atoms with Gasteiger partial charge in [-0.1, -0.05) is 30.0 Å². The highest BCUT2D eigenvalue weighted by molar-refractivity contribution is 7.99. The van der Waals surface area contributed by atoms with Crippen molar-refractivity contribution in [2.24, 2.45) is 5.18 Å². The van der Waals surface area contributed by atoms with Gasteiger partial charge in [0.1, 0.15) is 11.4 Å². The first-order valence-corrected chi connectivity index (χ1v) is 5.89. The van der Waals surface area contributed by atoms with Crippen molar-refractivity contribution in [2.45, 2.75) is 9.79 Å². The fourth-order valence-corrected chi connectivity index (χ4v) is 2.29. The summed E-state index contributed by atoms with van der Waals surface area (Å²) in [7, 11) is 1.53. The van der Waals surface area contributed by atoms with Crippen LogP contribution in [0.15, 0.2) is 63.5 Å². The third-order valence-electron chi connectivity index (χ3n) is 2.23. The zero-order valence-electron chi connectivity index (χ0n) is 9.29. The first kappa shape index (κ1) is 11.7. The molecule has 2 aromatic carbocycles. The molecule has 0 spiro atoms. The Kier molecular flexibility index (Phi) is 3.77. The highest BCUT2D eigenvalue weighted by Crippen LogP contribution is 2.35. The number of nitroso groups, excluding NO2 is 1. The number of nitrogens with zero attached hydrogens (tertiary/aromatic N) is 1. The first-order valence-electron chi connectivity index (χ1n) is 5.08. The molecular formula is C13H11NO2S. The Hall–Kier alpha value is -1.81. The van der Waals surface area contributed by atoms with E-state index in [1.165, 1.54) is 7.11 Å². The van der Waals surface area contributed by atoms with E-state index in [0.717, 1.165) is 9.79 Å². The number of methoxy groups -OCH3 is 1. The van der Waals surface area contributed by atoms with Crippen molar-refractivity contribution in [3.63, 3.8) is 0 Å². The van der Waals surface area contributed by atoms with E-state index < -0.39 is 0 Å². The highest BCUT2D eigenvalue weighted by Gasteiger charge is 2.05. The maximum atomic E-state index is 10.5. The van der Waals surface area contributed by atoms with Crippen LogP contribution in [0.4, 0.5) is 5.69 Å². The van der Waals surface area contributed by atoms with Crippen LogP contribution in [0.1, 0.15) is 0 Å². The molecular weight excluding hydrogens is 234 g/mol. The minimum absolute atomic E-state index is 0.324. The molecule has 0 heterocycles. The lowest BCUT2D eigenvalue weighted by atomic mass is 10.3. The molecule has 2 rings (SSSR count). The lowest BCUT2D eigenvalue weighted by Crippen LogP contribution is -1.83. The predicted molar refractivity (Wildman–Crippen MR) is 69.0 cm³/mol. The van der Waals surface area contributed by atoms with Crippen molar-refractivity contribution < 1.29 is 4.74 Å². The fourth-order valence-electron chi connectivity index (χ4n) is 1.42. The summed E-state index contributed by atoms with van der Waals surface area (Å²) in [5.74, 6) is 0.501. The summed E-state index contributed by atoms with van der Waals surface area (Å²) in [4.78, 5) is 12.7. The number of benzene rings is 2. The molecule has 0 bridgehead atoms. The van der Waals surface area contributed by atoms with Crippen LogP contribution in [-0.2, 0) is 0 Å². The summed E-state index contributed by atoms with van der Waals surface area (Å²) in [5, 5.41) is 2.91. The minimum atomic E-state index is 0.324. The van der Waals surface area contributed by atoms with Crippen LogP contribution in [0.5, 0.6) is 5.75 Å². The van der Waals surface area contributed by atoms with E-state index in [9.17, 15) is 4.91 Å². The van der Waals surface area contributed by atoms with Crippen LogP contribution in [0, 0.1) is 4.91 Å². The maximum absolute atomic E-state index is 10.5. The van der Waals surface area contributed by atoms with Gasteiger partial charge < -0.3 is 4.74 Å². The Labute approximate surface area is 104 Å². The summed E-state index contributed by atoms with van der Waals surface area (Å²) >= 11 is 1.61. The summed E-state index contributed by atoms with van der Waals surface area (Å²) in [6.45, 7) is 0. The van der Waals surface area contributed by atoms with Crippen molar-refractivity contribution in [3.8, 4) is 5.75 Å². The van der Waals surface area contributed by atoms with Crippen LogP contribution < -0.4 is 4.74 Å². The molecule has 4 heteroatoms. The molecule has 0 atom stereocenters. The molecule has 0 aliphatic heterocycles. The molecule has 17 heavy (non-hydrogen) atoms. The quantitative estimate of drug-likeness (QED) is 0.756. The number of hydrogen-bond donors (Lipinski definition) is 0. The van der Waals surface area contributed by atoms with Crippen LogP contribution in [0.25, 0.3) is 0 Å². The Balaban J connectivity index is 2.25. The predicted octanol–water partition coefficient (Wildman–Crippen LogP) is 4.24. The molecule has 0 N–H and O–H groups in total. The van der Waals surface area contributed by atoms with Crippen molar-refractivity contribution >= 4 is 17.4 Å². The Morgan fingerprint density at radius 3 is 2.47 bits per heavy atom. The molecule has 0 aliphatic carbocycles. The largest absolute Gasteiger partial charge is 0.494 e. The molecule has 0 saturated heterocycles. The van der Waals surface area contributed by atoms with E-state index in [2.05, 4.69) is 5.18 Å². The van der Waals surface area contributed by atoms with Crippen LogP contribution in [0.2, 0.25) is 0 Å². The first-order chi connectivity index (χ1) is 8.33. The average Bonchev–Trinajstić information content (AvgIpc) is 2.40. The summed E-state index contributed by atoms with van der Waals surface area (Å²) in [5.41, 5.74) is 0.324. The molecule has 0 amide bonds. The van der Waals surface area contributed by atoms with Gasteiger partial charge in [0.05, 0.1) is 7.11 Å². The highest BCUT2D eigenvalue weighted by atomic mass is 32.2. The van der Waals surface area contributed by atoms with Gasteiger partial charge in [0.15, 0.2) is 0 Å². The second kappa shape index (κ2) is 5.50. The smallest absolute Gasteiger partial charge is 0.149 e. The monoisotopic (exact) mass is 245 g/mol. The van der Waals surface area contributed by atoms with Crippen LogP contribution in [-0.4, -0.2) is 7.11 Å². The zero-order chi connectivity index (χ0) is 12.1. The fraction of sp³-hybridized carbons (Fsp3) is 0.0769. The summed E-state index contributed by atoms with van der Waals surface area (Å²) < 4.78 is 5.11. The molecule has 3 nitrogen and oxygen atoms in total. The lowest BCUT2D eigenvalue weighted by molar-refractivity contribution is 0.415. The average molecular weight is 245 g/mol. The standard InChI is InChI=1S/C13H11NO2S/c1-16-13-9-11(7-8-12(13)14-15)17-10-5-3-2-4-6-10/h2-9H,1H3. The van der Waals surface area contributed by atoms with Gasteiger partial charge in [0.2, 0.25) is 0 Å². The Bertz CT molecular complexity index is 514. The minimum Gasteiger partial charge on any atom is -0.494 e. The SMILES string of the molecule is COc1cc(Sc2ccccc2)ccc1N=O. The Morgan fingerprint density at radius 1 is 1.06 bits per heavy atom. The van der Waals surface area contributed by atoms with Gasteiger partial charge in [-0.3, -0.25) is 0 Å². The van der Waals surface area contributed by atoms with Gasteiger partial charge in [0.25, 0.3) is 0 Å². The topological polar surface area (TPSA) is 38.7 Å². The van der Waals surface area contributed by atoms with Gasteiger partial charge in [-0.15, -0.1) is 4.91 Å². The van der Waals surface area contributed by atoms with Crippen LogP contribution in [0.3, 0.4) is 0 Å². The second-order valence-corrected chi connectivity index (χ2v) is 4.49. The normalized spacial score (nSPS) is 9.94. The molecule has 0 unspecified atom stereocenters. The molecule has 0 aliphatic rings. The second-order valence-electron chi connectivity index (χ2n) is 3.34. The van der Waals surface area contributed by atoms with E-state index in [1.54, 1.807) is 17.8 Å².